The Labute approximate surface area is 119 Å². The Morgan fingerprint density at radius 3 is 2.67 bits per heavy atom. The fourth-order valence-corrected chi connectivity index (χ4v) is 2.26. The van der Waals surface area contributed by atoms with Crippen LogP contribution in [0.5, 0.6) is 0 Å². The molecule has 1 heterocycles. The first-order valence-corrected chi connectivity index (χ1v) is 6.55. The van der Waals surface area contributed by atoms with Crippen LogP contribution in [-0.4, -0.2) is 26.8 Å². The number of benzene rings is 1. The molecule has 0 aliphatic heterocycles. The van der Waals surface area contributed by atoms with E-state index in [1.807, 2.05) is 4.57 Å². The number of carbonyl (C=O) groups is 1. The van der Waals surface area contributed by atoms with E-state index in [1.165, 1.54) is 12.1 Å². The summed E-state index contributed by atoms with van der Waals surface area (Å²) in [6.45, 7) is 2.19. The number of imidazole rings is 1. The van der Waals surface area contributed by atoms with Gasteiger partial charge in [0.15, 0.2) is 0 Å². The van der Waals surface area contributed by atoms with Gasteiger partial charge in [0.2, 0.25) is 0 Å². The molecule has 2 rings (SSSR count). The molecule has 2 aromatic rings. The molecule has 0 aliphatic carbocycles. The van der Waals surface area contributed by atoms with E-state index >= 15 is 0 Å². The molecule has 0 saturated heterocycles. The van der Waals surface area contributed by atoms with Crippen LogP contribution in [0, 0.1) is 6.92 Å². The molecule has 0 unspecified atom stereocenters. The first-order chi connectivity index (χ1) is 9.78. The average Bonchev–Trinajstić information content (AvgIpc) is 2.68. The van der Waals surface area contributed by atoms with Gasteiger partial charge in [0.1, 0.15) is 5.82 Å². The second-order valence-electron chi connectivity index (χ2n) is 4.89. The van der Waals surface area contributed by atoms with Gasteiger partial charge in [0.25, 0.3) is 0 Å². The maximum Gasteiger partial charge on any atom is 0.389 e. The summed E-state index contributed by atoms with van der Waals surface area (Å²) in [6, 6.07) is 4.58. The highest BCUT2D eigenvalue weighted by molar-refractivity contribution is 5.92. The fraction of sp³-hybridized carbons (Fsp3) is 0.429. The van der Waals surface area contributed by atoms with E-state index in [2.05, 4.69) is 4.98 Å². The van der Waals surface area contributed by atoms with Crippen molar-refractivity contribution < 1.29 is 23.1 Å². The number of nitrogens with zero attached hydrogens (tertiary/aromatic N) is 2. The van der Waals surface area contributed by atoms with Crippen LogP contribution < -0.4 is 0 Å². The Bertz CT molecular complexity index is 662. The van der Waals surface area contributed by atoms with Crippen molar-refractivity contribution in [1.29, 1.82) is 0 Å². The number of hydrogen-bond acceptors (Lipinski definition) is 2. The molecule has 0 atom stereocenters. The van der Waals surface area contributed by atoms with E-state index in [-0.39, 0.29) is 12.0 Å². The van der Waals surface area contributed by atoms with Crippen molar-refractivity contribution in [2.45, 2.75) is 38.9 Å². The van der Waals surface area contributed by atoms with Gasteiger partial charge in [-0.05, 0) is 38.0 Å². The number of fused-ring (bicyclic) bond motifs is 1. The molecule has 0 radical (unpaired) electrons. The molecule has 0 aliphatic rings. The van der Waals surface area contributed by atoms with Crippen LogP contribution in [0.3, 0.4) is 0 Å². The van der Waals surface area contributed by atoms with Gasteiger partial charge in [-0.2, -0.15) is 13.2 Å². The van der Waals surface area contributed by atoms with Crippen molar-refractivity contribution in [3.05, 3.63) is 29.6 Å². The van der Waals surface area contributed by atoms with Crippen molar-refractivity contribution in [3.63, 3.8) is 0 Å². The highest BCUT2D eigenvalue weighted by Crippen LogP contribution is 2.23. The van der Waals surface area contributed by atoms with Crippen molar-refractivity contribution in [2.75, 3.05) is 0 Å². The maximum atomic E-state index is 12.1. The van der Waals surface area contributed by atoms with Crippen molar-refractivity contribution in [1.82, 2.24) is 9.55 Å². The molecule has 0 bridgehead atoms. The van der Waals surface area contributed by atoms with Gasteiger partial charge in [-0.25, -0.2) is 9.78 Å². The lowest BCUT2D eigenvalue weighted by Crippen LogP contribution is -2.08. The van der Waals surface area contributed by atoms with Crippen LogP contribution >= 0.6 is 0 Å². The van der Waals surface area contributed by atoms with Crippen LogP contribution in [0.4, 0.5) is 13.2 Å². The minimum Gasteiger partial charge on any atom is -0.478 e. The molecule has 0 spiro atoms. The molecule has 21 heavy (non-hydrogen) atoms. The zero-order chi connectivity index (χ0) is 15.6. The van der Waals surface area contributed by atoms with Gasteiger partial charge in [-0.3, -0.25) is 0 Å². The molecular formula is C14H15F3N2O2. The van der Waals surface area contributed by atoms with Gasteiger partial charge in [0, 0.05) is 13.0 Å². The maximum absolute atomic E-state index is 12.1. The first kappa shape index (κ1) is 15.3. The summed E-state index contributed by atoms with van der Waals surface area (Å²) in [5, 5.41) is 8.93. The van der Waals surface area contributed by atoms with E-state index in [4.69, 9.17) is 5.11 Å². The van der Waals surface area contributed by atoms with Crippen LogP contribution in [0.1, 0.15) is 35.4 Å². The van der Waals surface area contributed by atoms with E-state index in [9.17, 15) is 18.0 Å². The van der Waals surface area contributed by atoms with E-state index in [0.29, 0.717) is 24.3 Å². The molecule has 0 amide bonds. The molecule has 1 aromatic heterocycles. The van der Waals surface area contributed by atoms with Crippen LogP contribution in [-0.2, 0) is 6.54 Å². The Hall–Kier alpha value is -2.05. The van der Waals surface area contributed by atoms with E-state index in [1.54, 1.807) is 13.0 Å². The third-order valence-electron chi connectivity index (χ3n) is 3.28. The summed E-state index contributed by atoms with van der Waals surface area (Å²) < 4.78 is 38.1. The van der Waals surface area contributed by atoms with Gasteiger partial charge in [-0.15, -0.1) is 0 Å². The highest BCUT2D eigenvalue weighted by Gasteiger charge is 2.25. The van der Waals surface area contributed by atoms with Crippen molar-refractivity contribution in [3.8, 4) is 0 Å². The molecule has 0 saturated carbocycles. The lowest BCUT2D eigenvalue weighted by atomic mass is 10.2. The number of carboxylic acid groups (broad SMARTS) is 1. The Balaban J connectivity index is 2.13. The fourth-order valence-electron chi connectivity index (χ4n) is 2.26. The highest BCUT2D eigenvalue weighted by atomic mass is 19.4. The molecule has 1 N–H and O–H groups in total. The minimum absolute atomic E-state index is 0.0653. The lowest BCUT2D eigenvalue weighted by molar-refractivity contribution is -0.135. The number of alkyl halides is 3. The number of aromatic nitrogens is 2. The number of halogens is 3. The average molecular weight is 300 g/mol. The Morgan fingerprint density at radius 2 is 2.05 bits per heavy atom. The topological polar surface area (TPSA) is 55.1 Å². The predicted octanol–water partition coefficient (Wildman–Crippen LogP) is 3.78. The smallest absolute Gasteiger partial charge is 0.389 e. The Kier molecular flexibility index (Phi) is 4.20. The standard InChI is InChI=1S/C14H15F3N2O2/c1-9-18-11-8-10(13(20)21)4-5-12(11)19(9)7-3-2-6-14(15,16)17/h4-5,8H,2-3,6-7H2,1H3,(H,20,21). The van der Waals surface area contributed by atoms with Crippen LogP contribution in [0.25, 0.3) is 11.0 Å². The van der Waals surface area contributed by atoms with Gasteiger partial charge in [0.05, 0.1) is 16.6 Å². The van der Waals surface area contributed by atoms with Gasteiger partial charge >= 0.3 is 12.1 Å². The summed E-state index contributed by atoms with van der Waals surface area (Å²) in [6.07, 6.45) is -4.45. The van der Waals surface area contributed by atoms with E-state index in [0.717, 1.165) is 5.52 Å². The largest absolute Gasteiger partial charge is 0.478 e. The second-order valence-corrected chi connectivity index (χ2v) is 4.89. The summed E-state index contributed by atoms with van der Waals surface area (Å²) >= 11 is 0. The molecule has 7 heteroatoms. The summed E-state index contributed by atoms with van der Waals surface area (Å²) in [7, 11) is 0. The monoisotopic (exact) mass is 300 g/mol. The normalized spacial score (nSPS) is 12.0. The van der Waals surface area contributed by atoms with Crippen molar-refractivity contribution >= 4 is 17.0 Å². The Morgan fingerprint density at radius 1 is 1.33 bits per heavy atom. The molecule has 4 nitrogen and oxygen atoms in total. The quantitative estimate of drug-likeness (QED) is 0.855. The van der Waals surface area contributed by atoms with Crippen LogP contribution in [0.2, 0.25) is 0 Å². The SMILES string of the molecule is Cc1nc2cc(C(=O)O)ccc2n1CCCCC(F)(F)F. The predicted molar refractivity (Wildman–Crippen MR) is 71.3 cm³/mol. The lowest BCUT2D eigenvalue weighted by Gasteiger charge is -2.08. The summed E-state index contributed by atoms with van der Waals surface area (Å²) in [5.41, 5.74) is 1.43. The van der Waals surface area contributed by atoms with Crippen molar-refractivity contribution in [2.24, 2.45) is 0 Å². The third-order valence-corrected chi connectivity index (χ3v) is 3.28. The number of aromatic carboxylic acids is 1. The summed E-state index contributed by atoms with van der Waals surface area (Å²) in [5.74, 6) is -0.367. The first-order valence-electron chi connectivity index (χ1n) is 6.55. The number of unbranched alkanes of at least 4 members (excludes halogenated alkanes) is 1. The third kappa shape index (κ3) is 3.74. The van der Waals surface area contributed by atoms with E-state index < -0.39 is 18.6 Å². The van der Waals surface area contributed by atoms with Gasteiger partial charge < -0.3 is 9.67 Å². The molecule has 1 aromatic carbocycles. The summed E-state index contributed by atoms with van der Waals surface area (Å²) in [4.78, 5) is 15.2. The number of aryl methyl sites for hydroxylation is 2. The second kappa shape index (κ2) is 5.75. The number of hydrogen-bond donors (Lipinski definition) is 1. The molecular weight excluding hydrogens is 285 g/mol. The van der Waals surface area contributed by atoms with Crippen LogP contribution in [0.15, 0.2) is 18.2 Å². The molecule has 0 fully saturated rings. The number of rotatable bonds is 5. The zero-order valence-corrected chi connectivity index (χ0v) is 11.4. The van der Waals surface area contributed by atoms with Gasteiger partial charge in [-0.1, -0.05) is 0 Å². The zero-order valence-electron chi connectivity index (χ0n) is 11.4. The molecule has 114 valence electrons. The minimum atomic E-state index is -4.12. The number of carboxylic acids is 1.